The summed E-state index contributed by atoms with van der Waals surface area (Å²) in [4.78, 5) is 0. The van der Waals surface area contributed by atoms with Crippen LogP contribution in [0.5, 0.6) is 5.75 Å². The maximum atomic E-state index is 6.05. The minimum absolute atomic E-state index is 0.694. The third-order valence-electron chi connectivity index (χ3n) is 3.15. The quantitative estimate of drug-likeness (QED) is 0.694. The molecule has 4 heteroatoms. The first-order valence-electron chi connectivity index (χ1n) is 7.01. The van der Waals surface area contributed by atoms with Gasteiger partial charge in [-0.2, -0.15) is 0 Å². The van der Waals surface area contributed by atoms with Crippen molar-refractivity contribution in [2.45, 2.75) is 26.8 Å². The topological polar surface area (TPSA) is 21.3 Å². The van der Waals surface area contributed by atoms with E-state index in [1.54, 1.807) is 0 Å². The van der Waals surface area contributed by atoms with Gasteiger partial charge < -0.3 is 10.1 Å². The molecule has 0 saturated carbocycles. The van der Waals surface area contributed by atoms with Crippen LogP contribution in [0.25, 0.3) is 0 Å². The van der Waals surface area contributed by atoms with Crippen LogP contribution in [-0.2, 0) is 6.54 Å². The van der Waals surface area contributed by atoms with E-state index in [9.17, 15) is 0 Å². The SMILES string of the molecule is CCCOc1ccc(Br)cc1CNc1cc(Cl)ccc1C. The van der Waals surface area contributed by atoms with Gasteiger partial charge in [0.05, 0.1) is 6.61 Å². The number of halogens is 2. The lowest BCUT2D eigenvalue weighted by molar-refractivity contribution is 0.314. The highest BCUT2D eigenvalue weighted by atomic mass is 79.9. The number of ether oxygens (including phenoxy) is 1. The molecule has 0 radical (unpaired) electrons. The van der Waals surface area contributed by atoms with Crippen molar-refractivity contribution < 1.29 is 4.74 Å². The molecule has 21 heavy (non-hydrogen) atoms. The Balaban J connectivity index is 2.14. The summed E-state index contributed by atoms with van der Waals surface area (Å²) in [5.74, 6) is 0.923. The molecular formula is C17H19BrClNO. The molecule has 2 nitrogen and oxygen atoms in total. The summed E-state index contributed by atoms with van der Waals surface area (Å²) < 4.78 is 6.84. The molecule has 0 bridgehead atoms. The molecule has 2 aromatic carbocycles. The lowest BCUT2D eigenvalue weighted by Crippen LogP contribution is -2.05. The molecule has 1 N–H and O–H groups in total. The van der Waals surface area contributed by atoms with Crippen LogP contribution in [0.2, 0.25) is 5.02 Å². The first-order valence-corrected chi connectivity index (χ1v) is 8.18. The average Bonchev–Trinajstić information content (AvgIpc) is 2.47. The number of hydrogen-bond acceptors (Lipinski definition) is 2. The van der Waals surface area contributed by atoms with E-state index in [0.717, 1.165) is 39.5 Å². The number of nitrogens with one attached hydrogen (secondary N) is 1. The third kappa shape index (κ3) is 4.65. The van der Waals surface area contributed by atoms with Gasteiger partial charge in [0.2, 0.25) is 0 Å². The molecule has 0 aliphatic heterocycles. The number of benzene rings is 2. The van der Waals surface area contributed by atoms with E-state index in [1.165, 1.54) is 5.56 Å². The average molecular weight is 369 g/mol. The molecule has 0 saturated heterocycles. The van der Waals surface area contributed by atoms with Crippen LogP contribution in [0, 0.1) is 6.92 Å². The van der Waals surface area contributed by atoms with Gasteiger partial charge in [0.1, 0.15) is 5.75 Å². The fourth-order valence-electron chi connectivity index (χ4n) is 2.01. The Labute approximate surface area is 139 Å². The van der Waals surface area contributed by atoms with Crippen molar-refractivity contribution in [1.82, 2.24) is 0 Å². The zero-order chi connectivity index (χ0) is 15.2. The summed E-state index contributed by atoms with van der Waals surface area (Å²) in [6.45, 7) is 5.59. The molecule has 0 aliphatic carbocycles. The van der Waals surface area contributed by atoms with Gasteiger partial charge in [0.25, 0.3) is 0 Å². The van der Waals surface area contributed by atoms with Crippen molar-refractivity contribution in [3.8, 4) is 5.75 Å². The van der Waals surface area contributed by atoms with Crippen LogP contribution < -0.4 is 10.1 Å². The number of hydrogen-bond donors (Lipinski definition) is 1. The van der Waals surface area contributed by atoms with Gasteiger partial charge >= 0.3 is 0 Å². The molecule has 0 fully saturated rings. The van der Waals surface area contributed by atoms with Gasteiger partial charge in [0, 0.05) is 27.3 Å². The third-order valence-corrected chi connectivity index (χ3v) is 3.88. The number of rotatable bonds is 6. The van der Waals surface area contributed by atoms with Gasteiger partial charge in [-0.1, -0.05) is 40.5 Å². The maximum Gasteiger partial charge on any atom is 0.124 e. The van der Waals surface area contributed by atoms with Crippen molar-refractivity contribution in [3.63, 3.8) is 0 Å². The summed E-state index contributed by atoms with van der Waals surface area (Å²) in [5, 5.41) is 4.16. The number of aryl methyl sites for hydroxylation is 1. The fraction of sp³-hybridized carbons (Fsp3) is 0.294. The van der Waals surface area contributed by atoms with E-state index < -0.39 is 0 Å². The van der Waals surface area contributed by atoms with Crippen LogP contribution in [-0.4, -0.2) is 6.61 Å². The van der Waals surface area contributed by atoms with Crippen LogP contribution in [0.15, 0.2) is 40.9 Å². The van der Waals surface area contributed by atoms with E-state index in [4.69, 9.17) is 16.3 Å². The van der Waals surface area contributed by atoms with E-state index in [2.05, 4.69) is 41.2 Å². The number of anilines is 1. The van der Waals surface area contributed by atoms with E-state index in [-0.39, 0.29) is 0 Å². The molecular weight excluding hydrogens is 350 g/mol. The van der Waals surface area contributed by atoms with Gasteiger partial charge in [-0.3, -0.25) is 0 Å². The Hall–Kier alpha value is -1.19. The lowest BCUT2D eigenvalue weighted by atomic mass is 10.1. The molecule has 0 atom stereocenters. The Morgan fingerprint density at radius 2 is 2.00 bits per heavy atom. The highest BCUT2D eigenvalue weighted by molar-refractivity contribution is 9.10. The Kier molecular flexibility index (Phi) is 5.95. The zero-order valence-corrected chi connectivity index (χ0v) is 14.6. The summed E-state index contributed by atoms with van der Waals surface area (Å²) in [6, 6.07) is 11.9. The second kappa shape index (κ2) is 7.71. The zero-order valence-electron chi connectivity index (χ0n) is 12.2. The molecule has 112 valence electrons. The van der Waals surface area contributed by atoms with Crippen molar-refractivity contribution in [1.29, 1.82) is 0 Å². The predicted molar refractivity (Wildman–Crippen MR) is 93.4 cm³/mol. The second-order valence-electron chi connectivity index (χ2n) is 4.91. The highest BCUT2D eigenvalue weighted by Gasteiger charge is 2.06. The van der Waals surface area contributed by atoms with Crippen molar-refractivity contribution in [3.05, 3.63) is 57.0 Å². The molecule has 0 unspecified atom stereocenters. The smallest absolute Gasteiger partial charge is 0.124 e. The van der Waals surface area contributed by atoms with Gasteiger partial charge in [0.15, 0.2) is 0 Å². The summed E-state index contributed by atoms with van der Waals surface area (Å²) >= 11 is 9.56. The molecule has 0 amide bonds. The standard InChI is InChI=1S/C17H19BrClNO/c1-3-8-21-17-7-5-14(18)9-13(17)11-20-16-10-15(19)6-4-12(16)2/h4-7,9-10,20H,3,8,11H2,1-2H3. The van der Waals surface area contributed by atoms with Crippen LogP contribution in [0.1, 0.15) is 24.5 Å². The predicted octanol–water partition coefficient (Wildman–Crippen LogP) is 5.81. The largest absolute Gasteiger partial charge is 0.493 e. The first-order chi connectivity index (χ1) is 10.1. The monoisotopic (exact) mass is 367 g/mol. The van der Waals surface area contributed by atoms with Crippen LogP contribution in [0.4, 0.5) is 5.69 Å². The van der Waals surface area contributed by atoms with Crippen molar-refractivity contribution in [2.24, 2.45) is 0 Å². The van der Waals surface area contributed by atoms with Crippen molar-refractivity contribution >= 4 is 33.2 Å². The molecule has 0 spiro atoms. The Bertz CT molecular complexity index is 616. The Morgan fingerprint density at radius 3 is 2.76 bits per heavy atom. The summed E-state index contributed by atoms with van der Waals surface area (Å²) in [5.41, 5.74) is 3.34. The molecule has 2 rings (SSSR count). The second-order valence-corrected chi connectivity index (χ2v) is 6.27. The highest BCUT2D eigenvalue weighted by Crippen LogP contribution is 2.26. The van der Waals surface area contributed by atoms with E-state index >= 15 is 0 Å². The first kappa shape index (κ1) is 16.2. The molecule has 0 heterocycles. The maximum absolute atomic E-state index is 6.05. The summed E-state index contributed by atoms with van der Waals surface area (Å²) in [7, 11) is 0. The van der Waals surface area contributed by atoms with E-state index in [0.29, 0.717) is 6.54 Å². The van der Waals surface area contributed by atoms with Gasteiger partial charge in [-0.25, -0.2) is 0 Å². The molecule has 0 aromatic heterocycles. The summed E-state index contributed by atoms with van der Waals surface area (Å²) in [6.07, 6.45) is 0.996. The van der Waals surface area contributed by atoms with Crippen LogP contribution in [0.3, 0.4) is 0 Å². The van der Waals surface area contributed by atoms with Gasteiger partial charge in [-0.05, 0) is 49.2 Å². The van der Waals surface area contributed by atoms with E-state index in [1.807, 2.05) is 30.3 Å². The Morgan fingerprint density at radius 1 is 1.19 bits per heavy atom. The van der Waals surface area contributed by atoms with Gasteiger partial charge in [-0.15, -0.1) is 0 Å². The minimum atomic E-state index is 0.694. The van der Waals surface area contributed by atoms with Crippen molar-refractivity contribution in [2.75, 3.05) is 11.9 Å². The van der Waals surface area contributed by atoms with Crippen LogP contribution >= 0.6 is 27.5 Å². The molecule has 2 aromatic rings. The normalized spacial score (nSPS) is 10.5. The molecule has 0 aliphatic rings. The lowest BCUT2D eigenvalue weighted by Gasteiger charge is -2.14. The minimum Gasteiger partial charge on any atom is -0.493 e. The fourth-order valence-corrected chi connectivity index (χ4v) is 2.59.